The number of hydrogen-bond acceptors (Lipinski definition) is 0. The van der Waals surface area contributed by atoms with Crippen molar-refractivity contribution in [3.63, 3.8) is 0 Å². The van der Waals surface area contributed by atoms with Crippen LogP contribution in [0.4, 0.5) is 0 Å². The number of rotatable bonds is 0. The molecular formula is C16H21Cl. The van der Waals surface area contributed by atoms with Crippen LogP contribution < -0.4 is 0 Å². The molecule has 1 heteroatoms. The van der Waals surface area contributed by atoms with Gasteiger partial charge in [0.1, 0.15) is 0 Å². The van der Waals surface area contributed by atoms with Gasteiger partial charge in [0.2, 0.25) is 0 Å². The fourth-order valence-electron chi connectivity index (χ4n) is 1.07. The molecule has 0 aliphatic rings. The Hall–Kier alpha value is -1.27. The first-order chi connectivity index (χ1) is 8.18. The van der Waals surface area contributed by atoms with Crippen molar-refractivity contribution in [3.05, 3.63) is 70.7 Å². The van der Waals surface area contributed by atoms with Crippen LogP contribution in [-0.2, 0) is 0 Å². The summed E-state index contributed by atoms with van der Waals surface area (Å²) in [4.78, 5) is 0. The summed E-state index contributed by atoms with van der Waals surface area (Å²) in [7, 11) is 0. The summed E-state index contributed by atoms with van der Waals surface area (Å²) in [5.41, 5.74) is 2.57. The number of halogens is 1. The van der Waals surface area contributed by atoms with Crippen LogP contribution in [0.3, 0.4) is 0 Å². The smallest absolute Gasteiger partial charge is 0.0406 e. The average Bonchev–Trinajstić information content (AvgIpc) is 2.37. The summed E-state index contributed by atoms with van der Waals surface area (Å²) in [6, 6.07) is 18.0. The molecule has 0 bridgehead atoms. The molecular weight excluding hydrogens is 228 g/mol. The van der Waals surface area contributed by atoms with Crippen molar-refractivity contribution in [3.8, 4) is 0 Å². The van der Waals surface area contributed by atoms with Gasteiger partial charge in [-0.15, -0.1) is 0 Å². The molecule has 92 valence electrons. The zero-order chi connectivity index (χ0) is 13.1. The van der Waals surface area contributed by atoms with Crippen molar-refractivity contribution in [2.75, 3.05) is 0 Å². The van der Waals surface area contributed by atoms with Crippen LogP contribution >= 0.6 is 11.6 Å². The quantitative estimate of drug-likeness (QED) is 0.564. The molecule has 0 aliphatic carbocycles. The highest BCUT2D eigenvalue weighted by atomic mass is 35.5. The first kappa shape index (κ1) is 15.7. The Kier molecular flexibility index (Phi) is 9.18. The molecule has 0 radical (unpaired) electrons. The number of benzene rings is 2. The van der Waals surface area contributed by atoms with E-state index in [1.54, 1.807) is 0 Å². The van der Waals surface area contributed by atoms with Gasteiger partial charge in [-0.3, -0.25) is 0 Å². The number of aryl methyl sites for hydroxylation is 2. The molecule has 0 amide bonds. The van der Waals surface area contributed by atoms with Crippen molar-refractivity contribution in [2.24, 2.45) is 0 Å². The van der Waals surface area contributed by atoms with Crippen LogP contribution in [0.25, 0.3) is 0 Å². The summed E-state index contributed by atoms with van der Waals surface area (Å²) in [6.07, 6.45) is 0. The molecule has 0 nitrogen and oxygen atoms in total. The monoisotopic (exact) mass is 248 g/mol. The Morgan fingerprint density at radius 1 is 0.647 bits per heavy atom. The molecule has 2 aromatic carbocycles. The summed E-state index contributed by atoms with van der Waals surface area (Å²) in [6.45, 7) is 8.12. The third-order valence-corrected chi connectivity index (χ3v) is 2.20. The fraction of sp³-hybridized carbons (Fsp3) is 0.250. The van der Waals surface area contributed by atoms with Crippen molar-refractivity contribution in [1.29, 1.82) is 0 Å². The summed E-state index contributed by atoms with van der Waals surface area (Å²) >= 11 is 5.61. The van der Waals surface area contributed by atoms with Crippen LogP contribution in [0.2, 0.25) is 5.02 Å². The molecule has 0 heterocycles. The minimum absolute atomic E-state index is 0.801. The van der Waals surface area contributed by atoms with Crippen LogP contribution in [0.15, 0.2) is 54.6 Å². The molecule has 0 fully saturated rings. The van der Waals surface area contributed by atoms with Crippen LogP contribution in [-0.4, -0.2) is 0 Å². The molecule has 0 saturated heterocycles. The third-order valence-electron chi connectivity index (χ3n) is 1.95. The summed E-state index contributed by atoms with van der Waals surface area (Å²) in [5, 5.41) is 0.801. The van der Waals surface area contributed by atoms with E-state index in [2.05, 4.69) is 19.1 Å². The molecule has 2 rings (SSSR count). The highest BCUT2D eigenvalue weighted by molar-refractivity contribution is 6.30. The topological polar surface area (TPSA) is 0 Å². The molecule has 0 saturated carbocycles. The molecule has 17 heavy (non-hydrogen) atoms. The molecule has 0 atom stereocenters. The molecule has 2 aromatic rings. The van der Waals surface area contributed by atoms with Crippen LogP contribution in [0.5, 0.6) is 0 Å². The largest absolute Gasteiger partial charge is 0.0843 e. The maximum atomic E-state index is 5.61. The van der Waals surface area contributed by atoms with E-state index in [9.17, 15) is 0 Å². The molecule has 0 unspecified atom stereocenters. The highest BCUT2D eigenvalue weighted by Gasteiger charge is 1.81. The van der Waals surface area contributed by atoms with Crippen molar-refractivity contribution >= 4 is 11.6 Å². The second kappa shape index (κ2) is 9.92. The minimum atomic E-state index is 0.801. The zero-order valence-electron chi connectivity index (χ0n) is 11.1. The van der Waals surface area contributed by atoms with E-state index in [1.165, 1.54) is 11.1 Å². The molecule has 0 aromatic heterocycles. The van der Waals surface area contributed by atoms with Crippen LogP contribution in [0.1, 0.15) is 25.0 Å². The lowest BCUT2D eigenvalue weighted by atomic mass is 10.2. The summed E-state index contributed by atoms with van der Waals surface area (Å²) in [5.74, 6) is 0. The molecule has 0 spiro atoms. The Labute approximate surface area is 110 Å². The Bertz CT molecular complexity index is 355. The molecule has 0 N–H and O–H groups in total. The lowest BCUT2D eigenvalue weighted by Gasteiger charge is -1.88. The Morgan fingerprint density at radius 3 is 1.35 bits per heavy atom. The maximum absolute atomic E-state index is 5.61. The van der Waals surface area contributed by atoms with Gasteiger partial charge in [0.05, 0.1) is 0 Å². The maximum Gasteiger partial charge on any atom is 0.0406 e. The van der Waals surface area contributed by atoms with E-state index < -0.39 is 0 Å². The van der Waals surface area contributed by atoms with Gasteiger partial charge in [-0.1, -0.05) is 79.0 Å². The first-order valence-corrected chi connectivity index (χ1v) is 6.30. The van der Waals surface area contributed by atoms with Crippen molar-refractivity contribution in [1.82, 2.24) is 0 Å². The third kappa shape index (κ3) is 8.53. The second-order valence-corrected chi connectivity index (χ2v) is 3.89. The van der Waals surface area contributed by atoms with E-state index in [0.717, 1.165) is 5.02 Å². The van der Waals surface area contributed by atoms with E-state index in [4.69, 9.17) is 11.6 Å². The summed E-state index contributed by atoms with van der Waals surface area (Å²) < 4.78 is 0. The highest BCUT2D eigenvalue weighted by Crippen LogP contribution is 2.07. The Morgan fingerprint density at radius 2 is 1.06 bits per heavy atom. The van der Waals surface area contributed by atoms with Gasteiger partial charge in [0, 0.05) is 5.02 Å². The average molecular weight is 249 g/mol. The number of hydrogen-bond donors (Lipinski definition) is 0. The lowest BCUT2D eigenvalue weighted by Crippen LogP contribution is -1.66. The fourth-order valence-corrected chi connectivity index (χ4v) is 1.19. The van der Waals surface area contributed by atoms with Gasteiger partial charge < -0.3 is 0 Å². The normalized spacial score (nSPS) is 8.29. The van der Waals surface area contributed by atoms with Gasteiger partial charge in [-0.05, 0) is 26.0 Å². The van der Waals surface area contributed by atoms with Gasteiger partial charge >= 0.3 is 0 Å². The van der Waals surface area contributed by atoms with Crippen molar-refractivity contribution < 1.29 is 0 Å². The standard InChI is InChI=1S/C7H7Cl.C7H8.C2H6/c1-6-2-4-7(8)5-3-6;1-7-5-3-2-4-6-7;1-2/h2-5H,1H3;2-6H,1H3;1-2H3. The Balaban J connectivity index is 0.000000265. The lowest BCUT2D eigenvalue weighted by molar-refractivity contribution is 1.48. The van der Waals surface area contributed by atoms with Gasteiger partial charge in [-0.2, -0.15) is 0 Å². The van der Waals surface area contributed by atoms with Gasteiger partial charge in [0.25, 0.3) is 0 Å². The van der Waals surface area contributed by atoms with E-state index in [0.29, 0.717) is 0 Å². The van der Waals surface area contributed by atoms with Crippen molar-refractivity contribution in [2.45, 2.75) is 27.7 Å². The first-order valence-electron chi connectivity index (χ1n) is 5.92. The second-order valence-electron chi connectivity index (χ2n) is 3.45. The zero-order valence-corrected chi connectivity index (χ0v) is 11.8. The van der Waals surface area contributed by atoms with E-state index in [-0.39, 0.29) is 0 Å². The van der Waals surface area contributed by atoms with Crippen LogP contribution in [0, 0.1) is 13.8 Å². The van der Waals surface area contributed by atoms with Gasteiger partial charge in [-0.25, -0.2) is 0 Å². The SMILES string of the molecule is CC.Cc1ccc(Cl)cc1.Cc1ccccc1. The molecule has 0 aliphatic heterocycles. The van der Waals surface area contributed by atoms with Gasteiger partial charge in [0.15, 0.2) is 0 Å². The van der Waals surface area contributed by atoms with E-state index in [1.807, 2.05) is 63.2 Å². The minimum Gasteiger partial charge on any atom is -0.0843 e. The predicted octanol–water partition coefficient (Wildman–Crippen LogP) is 5.67. The predicted molar refractivity (Wildman–Crippen MR) is 78.7 cm³/mol. The van der Waals surface area contributed by atoms with E-state index >= 15 is 0 Å².